The highest BCUT2D eigenvalue weighted by Gasteiger charge is 2.33. The van der Waals surface area contributed by atoms with Gasteiger partial charge in [-0.2, -0.15) is 0 Å². The molecule has 1 saturated heterocycles. The van der Waals surface area contributed by atoms with Crippen molar-refractivity contribution in [3.63, 3.8) is 0 Å². The monoisotopic (exact) mass is 518 g/mol. The minimum absolute atomic E-state index is 0.107. The molecule has 0 saturated carbocycles. The molecular weight excluding hydrogens is 488 g/mol. The molecule has 1 fully saturated rings. The van der Waals surface area contributed by atoms with Gasteiger partial charge in [-0.05, 0) is 31.6 Å². The molecule has 2 atom stereocenters. The number of aromatic nitrogens is 1. The Balaban J connectivity index is 1.56. The van der Waals surface area contributed by atoms with Gasteiger partial charge in [0, 0.05) is 49.1 Å². The molecule has 1 aromatic carbocycles. The van der Waals surface area contributed by atoms with Gasteiger partial charge >= 0.3 is 6.09 Å². The summed E-state index contributed by atoms with van der Waals surface area (Å²) >= 11 is 0. The van der Waals surface area contributed by atoms with E-state index in [0.717, 1.165) is 5.39 Å². The van der Waals surface area contributed by atoms with Crippen LogP contribution in [0.5, 0.6) is 5.75 Å². The number of nitrogens with one attached hydrogen (secondary N) is 1. The lowest BCUT2D eigenvalue weighted by molar-refractivity contribution is -0.135. The van der Waals surface area contributed by atoms with Crippen LogP contribution in [0.3, 0.4) is 0 Å². The summed E-state index contributed by atoms with van der Waals surface area (Å²) in [7, 11) is 1.52. The van der Waals surface area contributed by atoms with E-state index in [0.29, 0.717) is 43.0 Å². The number of fused-ring (bicyclic) bond motifs is 1. The molecule has 10 nitrogen and oxygen atoms in total. The van der Waals surface area contributed by atoms with Crippen molar-refractivity contribution in [2.45, 2.75) is 19.4 Å². The number of carbonyl (C=O) groups excluding carboxylic acids is 4. The fourth-order valence-electron chi connectivity index (χ4n) is 4.58. The topological polar surface area (TPSA) is 118 Å². The van der Waals surface area contributed by atoms with Crippen LogP contribution in [0, 0.1) is 5.92 Å². The third-order valence-corrected chi connectivity index (χ3v) is 6.59. The smallest absolute Gasteiger partial charge is 0.409 e. The van der Waals surface area contributed by atoms with Crippen LogP contribution >= 0.6 is 0 Å². The molecule has 1 aliphatic carbocycles. The van der Waals surface area contributed by atoms with Crippen LogP contribution in [0.4, 0.5) is 4.79 Å². The van der Waals surface area contributed by atoms with Gasteiger partial charge in [-0.15, -0.1) is 0 Å². The summed E-state index contributed by atoms with van der Waals surface area (Å²) < 4.78 is 10.5. The Bertz CT molecular complexity index is 1320. The standard InChI is InChI=1S/C28H30N4O6/c1-3-38-28(36)32-14-12-31(13-15-32)27(35)24(16-19-8-4-5-9-20(19)18-33)30-26(34)23-17-25(37-2)21-10-6-7-11-22(21)29-23/h4-11,17,19,24H,3,12-16H2,1-2H3,(H,30,34). The number of hydrogen-bond donors (Lipinski definition) is 1. The number of nitrogens with zero attached hydrogens (tertiary/aromatic N) is 3. The highest BCUT2D eigenvalue weighted by molar-refractivity contribution is 5.99. The predicted molar refractivity (Wildman–Crippen MR) is 140 cm³/mol. The molecule has 0 spiro atoms. The number of benzene rings is 1. The SMILES string of the molecule is CCOC(=O)N1CCN(C(=O)C(CC2C=CC=CC2=C=O)NC(=O)c2cc(OC)c3ccccc3n2)CC1. The van der Waals surface area contributed by atoms with Gasteiger partial charge in [0.15, 0.2) is 0 Å². The van der Waals surface area contributed by atoms with Gasteiger partial charge in [-0.3, -0.25) is 9.59 Å². The number of ether oxygens (including phenoxy) is 2. The fourth-order valence-corrected chi connectivity index (χ4v) is 4.58. The number of pyridine rings is 1. The van der Waals surface area contributed by atoms with Gasteiger partial charge in [0.1, 0.15) is 23.4 Å². The van der Waals surface area contributed by atoms with Gasteiger partial charge in [-0.25, -0.2) is 14.6 Å². The van der Waals surface area contributed by atoms with Gasteiger partial charge in [0.05, 0.1) is 19.2 Å². The fraction of sp³-hybridized carbons (Fsp3) is 0.357. The third-order valence-electron chi connectivity index (χ3n) is 6.59. The van der Waals surface area contributed by atoms with E-state index in [9.17, 15) is 19.2 Å². The van der Waals surface area contributed by atoms with Gasteiger partial charge < -0.3 is 24.6 Å². The second-order valence-corrected chi connectivity index (χ2v) is 8.91. The first-order chi connectivity index (χ1) is 18.4. The van der Waals surface area contributed by atoms with Crippen molar-refractivity contribution in [2.24, 2.45) is 5.92 Å². The van der Waals surface area contributed by atoms with Crippen LogP contribution in [0.25, 0.3) is 10.9 Å². The molecule has 38 heavy (non-hydrogen) atoms. The maximum Gasteiger partial charge on any atom is 0.409 e. The van der Waals surface area contributed by atoms with E-state index in [1.807, 2.05) is 30.2 Å². The van der Waals surface area contributed by atoms with E-state index in [1.54, 1.807) is 41.0 Å². The molecule has 2 unspecified atom stereocenters. The summed E-state index contributed by atoms with van der Waals surface area (Å²) in [5.74, 6) is 1.19. The quantitative estimate of drug-likeness (QED) is 0.560. The Kier molecular flexibility index (Phi) is 8.55. The highest BCUT2D eigenvalue weighted by Crippen LogP contribution is 2.26. The van der Waals surface area contributed by atoms with E-state index in [2.05, 4.69) is 10.3 Å². The number of para-hydroxylation sites is 1. The Morgan fingerprint density at radius 1 is 1.13 bits per heavy atom. The van der Waals surface area contributed by atoms with E-state index in [4.69, 9.17) is 9.47 Å². The van der Waals surface area contributed by atoms with Crippen LogP contribution in [-0.2, 0) is 14.3 Å². The van der Waals surface area contributed by atoms with Gasteiger partial charge in [-0.1, -0.05) is 30.4 Å². The first-order valence-electron chi connectivity index (χ1n) is 12.5. The van der Waals surface area contributed by atoms with Crippen molar-refractivity contribution in [1.29, 1.82) is 0 Å². The molecule has 10 heteroatoms. The van der Waals surface area contributed by atoms with E-state index in [1.165, 1.54) is 13.2 Å². The summed E-state index contributed by atoms with van der Waals surface area (Å²) in [5.41, 5.74) is 1.09. The van der Waals surface area contributed by atoms with Crippen molar-refractivity contribution >= 4 is 34.8 Å². The molecule has 2 aromatic rings. The zero-order valence-electron chi connectivity index (χ0n) is 21.4. The Hall–Kier alpha value is -4.43. The summed E-state index contributed by atoms with van der Waals surface area (Å²) in [6, 6.07) is 7.89. The lowest BCUT2D eigenvalue weighted by Crippen LogP contribution is -2.56. The molecule has 1 aliphatic heterocycles. The lowest BCUT2D eigenvalue weighted by Gasteiger charge is -2.36. The Morgan fingerprint density at radius 2 is 1.87 bits per heavy atom. The predicted octanol–water partition coefficient (Wildman–Crippen LogP) is 2.53. The summed E-state index contributed by atoms with van der Waals surface area (Å²) in [6.45, 7) is 3.24. The van der Waals surface area contributed by atoms with Crippen LogP contribution < -0.4 is 10.1 Å². The van der Waals surface area contributed by atoms with Crippen LogP contribution in [0.1, 0.15) is 23.8 Å². The normalized spacial score (nSPS) is 17.6. The van der Waals surface area contributed by atoms with Crippen LogP contribution in [-0.4, -0.2) is 84.6 Å². The Morgan fingerprint density at radius 3 is 2.58 bits per heavy atom. The molecule has 0 bridgehead atoms. The summed E-state index contributed by atoms with van der Waals surface area (Å²) in [6.07, 6.45) is 6.73. The number of allylic oxidation sites excluding steroid dienone is 5. The maximum atomic E-state index is 13.7. The zero-order valence-corrected chi connectivity index (χ0v) is 21.4. The highest BCUT2D eigenvalue weighted by atomic mass is 16.6. The minimum atomic E-state index is -0.944. The lowest BCUT2D eigenvalue weighted by atomic mass is 9.89. The molecule has 0 radical (unpaired) electrons. The average Bonchev–Trinajstić information content (AvgIpc) is 2.96. The molecule has 198 valence electrons. The first kappa shape index (κ1) is 26.6. The number of amides is 3. The second-order valence-electron chi connectivity index (χ2n) is 8.91. The molecule has 4 rings (SSSR count). The van der Waals surface area contributed by atoms with Crippen molar-refractivity contribution in [3.05, 3.63) is 65.9 Å². The molecule has 3 amide bonds. The van der Waals surface area contributed by atoms with E-state index >= 15 is 0 Å². The average molecular weight is 519 g/mol. The number of hydrogen-bond acceptors (Lipinski definition) is 7. The van der Waals surface area contributed by atoms with E-state index in [-0.39, 0.29) is 24.6 Å². The Labute approximate surface area is 220 Å². The van der Waals surface area contributed by atoms with Crippen molar-refractivity contribution in [3.8, 4) is 5.75 Å². The maximum absolute atomic E-state index is 13.7. The second kappa shape index (κ2) is 12.2. The molecular formula is C28H30N4O6. The van der Waals surface area contributed by atoms with Crippen molar-refractivity contribution in [1.82, 2.24) is 20.1 Å². The van der Waals surface area contributed by atoms with Gasteiger partial charge in [0.25, 0.3) is 5.91 Å². The summed E-state index contributed by atoms with van der Waals surface area (Å²) in [4.78, 5) is 58.2. The number of rotatable bonds is 7. The molecule has 1 N–H and O–H groups in total. The minimum Gasteiger partial charge on any atom is -0.496 e. The zero-order chi connectivity index (χ0) is 27.1. The van der Waals surface area contributed by atoms with Crippen LogP contribution in [0.15, 0.2) is 60.2 Å². The van der Waals surface area contributed by atoms with E-state index < -0.39 is 24.0 Å². The number of methoxy groups -OCH3 is 1. The molecule has 1 aromatic heterocycles. The number of piperazine rings is 1. The summed E-state index contributed by atoms with van der Waals surface area (Å²) in [5, 5.41) is 3.60. The van der Waals surface area contributed by atoms with Gasteiger partial charge in [0.2, 0.25) is 5.91 Å². The largest absolute Gasteiger partial charge is 0.496 e. The first-order valence-corrected chi connectivity index (χ1v) is 12.5. The molecule has 2 aliphatic rings. The number of carbonyl (C=O) groups is 3. The van der Waals surface area contributed by atoms with Crippen molar-refractivity contribution in [2.75, 3.05) is 39.9 Å². The third kappa shape index (κ3) is 5.92. The molecule has 2 heterocycles. The van der Waals surface area contributed by atoms with Crippen LogP contribution in [0.2, 0.25) is 0 Å². The van der Waals surface area contributed by atoms with Crippen molar-refractivity contribution < 1.29 is 28.7 Å².